The highest BCUT2D eigenvalue weighted by Crippen LogP contribution is 2.45. The van der Waals surface area contributed by atoms with E-state index in [4.69, 9.17) is 37.0 Å². The van der Waals surface area contributed by atoms with Crippen LogP contribution in [0.2, 0.25) is 0 Å². The molecule has 19 heteroatoms. The number of unbranched alkanes of at least 4 members (excludes halogenated alkanes) is 55. The lowest BCUT2D eigenvalue weighted by molar-refractivity contribution is -0.161. The molecule has 612 valence electrons. The summed E-state index contributed by atoms with van der Waals surface area (Å²) in [7, 11) is -9.92. The fraction of sp³-hybridized carbons (Fsp3) is 0.952. The fourth-order valence-electron chi connectivity index (χ4n) is 13.1. The minimum atomic E-state index is -4.96. The monoisotopic (exact) mass is 1510 g/mol. The molecule has 3 N–H and O–H groups in total. The number of ether oxygens (including phenoxy) is 4. The number of carbonyl (C=O) groups excluding carboxylic acids is 4. The number of esters is 4. The molecular formula is C84H164O17P2. The van der Waals surface area contributed by atoms with Gasteiger partial charge in [0.15, 0.2) is 12.2 Å². The summed E-state index contributed by atoms with van der Waals surface area (Å²) < 4.78 is 68.8. The molecule has 0 amide bonds. The Kier molecular flexibility index (Phi) is 75.4. The lowest BCUT2D eigenvalue weighted by Gasteiger charge is -2.21. The average Bonchev–Trinajstić information content (AvgIpc) is 0.948. The number of phosphoric acid groups is 2. The number of carbonyl (C=O) groups is 4. The van der Waals surface area contributed by atoms with Gasteiger partial charge in [-0.05, 0) is 31.6 Å². The van der Waals surface area contributed by atoms with Crippen LogP contribution in [0.4, 0.5) is 0 Å². The highest BCUT2D eigenvalue weighted by molar-refractivity contribution is 7.47. The van der Waals surface area contributed by atoms with Gasteiger partial charge in [-0.3, -0.25) is 37.3 Å². The van der Waals surface area contributed by atoms with Crippen LogP contribution in [0.1, 0.15) is 452 Å². The van der Waals surface area contributed by atoms with E-state index in [1.54, 1.807) is 0 Å². The molecule has 0 rings (SSSR count). The van der Waals surface area contributed by atoms with E-state index in [-0.39, 0.29) is 25.7 Å². The second kappa shape index (κ2) is 76.8. The van der Waals surface area contributed by atoms with E-state index in [2.05, 4.69) is 34.6 Å². The van der Waals surface area contributed by atoms with Crippen LogP contribution in [-0.2, 0) is 65.4 Å². The SMILES string of the molecule is CCCCCCCCCCCCCCCCCCCCCC(=O)OC[C@H](COP(=O)(O)OC[C@@H](O)COP(=O)(O)OC[C@@H](COC(=O)CCCCCCCCCCCCC)OC(=O)CCCCCCCCCCCCC)OC(=O)CCCCCCCCCCCCCCCCCCCCC(C)CC. The summed E-state index contributed by atoms with van der Waals surface area (Å²) in [5.74, 6) is -1.23. The van der Waals surface area contributed by atoms with Crippen molar-refractivity contribution < 1.29 is 80.2 Å². The first kappa shape index (κ1) is 101. The maximum atomic E-state index is 13.1. The Morgan fingerprint density at radius 1 is 0.272 bits per heavy atom. The van der Waals surface area contributed by atoms with Crippen LogP contribution < -0.4 is 0 Å². The standard InChI is InChI=1S/C84H164O17P2/c1-6-10-13-16-19-22-25-26-27-28-29-33-36-39-44-48-53-58-63-68-82(87)95-74-80(101-84(89)70-65-60-55-50-45-40-37-34-31-30-32-35-38-43-46-51-56-61-66-77(5)9-4)76-99-103(92,93)97-72-78(85)71-96-102(90,91)98-75-79(100-83(88)69-64-59-54-49-42-24-21-18-15-12-8-3)73-94-81(86)67-62-57-52-47-41-23-20-17-14-11-7-2/h77-80,85H,6-76H2,1-5H3,(H,90,91)(H,92,93)/t77?,78-,79+,80+/m0/s1. The van der Waals surface area contributed by atoms with Crippen LogP contribution in [0.25, 0.3) is 0 Å². The van der Waals surface area contributed by atoms with Crippen LogP contribution in [0.5, 0.6) is 0 Å². The van der Waals surface area contributed by atoms with Gasteiger partial charge in [-0.15, -0.1) is 0 Å². The summed E-state index contributed by atoms with van der Waals surface area (Å²) in [5.41, 5.74) is 0. The first-order chi connectivity index (χ1) is 50.1. The number of hydrogen-bond donors (Lipinski definition) is 3. The van der Waals surface area contributed by atoms with Gasteiger partial charge in [0, 0.05) is 25.7 Å². The predicted octanol–water partition coefficient (Wildman–Crippen LogP) is 25.6. The van der Waals surface area contributed by atoms with Crippen molar-refractivity contribution >= 4 is 39.5 Å². The summed E-state index contributed by atoms with van der Waals surface area (Å²) in [6.07, 6.45) is 69.4. The minimum Gasteiger partial charge on any atom is -0.462 e. The van der Waals surface area contributed by atoms with E-state index < -0.39 is 97.5 Å². The Morgan fingerprint density at radius 2 is 0.466 bits per heavy atom. The van der Waals surface area contributed by atoms with E-state index >= 15 is 0 Å². The van der Waals surface area contributed by atoms with Crippen LogP contribution in [0, 0.1) is 5.92 Å². The maximum absolute atomic E-state index is 13.1. The second-order valence-electron chi connectivity index (χ2n) is 30.5. The van der Waals surface area contributed by atoms with Gasteiger partial charge in [0.05, 0.1) is 26.4 Å². The molecule has 0 saturated carbocycles. The third-order valence-corrected chi connectivity index (χ3v) is 22.0. The summed E-state index contributed by atoms with van der Waals surface area (Å²) in [6.45, 7) is 7.41. The number of aliphatic hydroxyl groups is 1. The molecular weight excluding hydrogens is 1340 g/mol. The molecule has 0 aromatic heterocycles. The van der Waals surface area contributed by atoms with Crippen molar-refractivity contribution in [1.82, 2.24) is 0 Å². The fourth-order valence-corrected chi connectivity index (χ4v) is 14.7. The minimum absolute atomic E-state index is 0.108. The molecule has 0 aliphatic heterocycles. The zero-order valence-corrected chi connectivity index (χ0v) is 69.3. The van der Waals surface area contributed by atoms with Gasteiger partial charge < -0.3 is 33.8 Å². The maximum Gasteiger partial charge on any atom is 0.472 e. The third-order valence-electron chi connectivity index (χ3n) is 20.1. The van der Waals surface area contributed by atoms with Gasteiger partial charge in [0.1, 0.15) is 19.3 Å². The highest BCUT2D eigenvalue weighted by Gasteiger charge is 2.30. The van der Waals surface area contributed by atoms with Crippen LogP contribution in [0.15, 0.2) is 0 Å². The molecule has 0 spiro atoms. The highest BCUT2D eigenvalue weighted by atomic mass is 31.2. The Labute approximate surface area is 632 Å². The molecule has 0 aromatic carbocycles. The topological polar surface area (TPSA) is 237 Å². The Balaban J connectivity index is 5.20. The largest absolute Gasteiger partial charge is 0.472 e. The van der Waals surface area contributed by atoms with Gasteiger partial charge in [0.25, 0.3) is 0 Å². The molecule has 6 atom stereocenters. The summed E-state index contributed by atoms with van der Waals surface area (Å²) in [5, 5.41) is 10.7. The van der Waals surface area contributed by atoms with Crippen molar-refractivity contribution in [2.75, 3.05) is 39.6 Å². The normalized spacial score (nSPS) is 14.1. The first-order valence-corrected chi connectivity index (χ1v) is 46.7. The Hall–Kier alpha value is -1.94. The van der Waals surface area contributed by atoms with Crippen LogP contribution >= 0.6 is 15.6 Å². The molecule has 0 heterocycles. The van der Waals surface area contributed by atoms with Gasteiger partial charge >= 0.3 is 39.5 Å². The Morgan fingerprint density at radius 3 is 0.689 bits per heavy atom. The molecule has 17 nitrogen and oxygen atoms in total. The Bertz CT molecular complexity index is 1960. The van der Waals surface area contributed by atoms with Gasteiger partial charge in [0.2, 0.25) is 0 Å². The third kappa shape index (κ3) is 76.6. The molecule has 0 fully saturated rings. The van der Waals surface area contributed by atoms with Crippen molar-refractivity contribution in [3.8, 4) is 0 Å². The van der Waals surface area contributed by atoms with Gasteiger partial charge in [-0.25, -0.2) is 9.13 Å². The molecule has 0 bridgehead atoms. The second-order valence-corrected chi connectivity index (χ2v) is 33.4. The van der Waals surface area contributed by atoms with E-state index in [1.807, 2.05) is 0 Å². The molecule has 3 unspecified atom stereocenters. The van der Waals surface area contributed by atoms with Crippen molar-refractivity contribution in [1.29, 1.82) is 0 Å². The number of rotatable bonds is 84. The van der Waals surface area contributed by atoms with E-state index in [0.717, 1.165) is 95.8 Å². The van der Waals surface area contributed by atoms with Crippen molar-refractivity contribution in [3.05, 3.63) is 0 Å². The number of phosphoric ester groups is 2. The summed E-state index contributed by atoms with van der Waals surface area (Å²) in [6, 6.07) is 0. The van der Waals surface area contributed by atoms with Crippen LogP contribution in [0.3, 0.4) is 0 Å². The quantitative estimate of drug-likeness (QED) is 0.0222. The zero-order valence-electron chi connectivity index (χ0n) is 67.5. The average molecular weight is 1510 g/mol. The zero-order chi connectivity index (χ0) is 75.5. The predicted molar refractivity (Wildman–Crippen MR) is 423 cm³/mol. The smallest absolute Gasteiger partial charge is 0.462 e. The van der Waals surface area contributed by atoms with Crippen molar-refractivity contribution in [2.45, 2.75) is 470 Å². The number of aliphatic hydroxyl groups excluding tert-OH is 1. The molecule has 0 aromatic rings. The van der Waals surface area contributed by atoms with Gasteiger partial charge in [-0.2, -0.15) is 0 Å². The molecule has 0 aliphatic carbocycles. The summed E-state index contributed by atoms with van der Waals surface area (Å²) >= 11 is 0. The first-order valence-electron chi connectivity index (χ1n) is 43.7. The van der Waals surface area contributed by atoms with Gasteiger partial charge in [-0.1, -0.05) is 401 Å². The van der Waals surface area contributed by atoms with E-state index in [0.29, 0.717) is 25.7 Å². The molecule has 0 saturated heterocycles. The van der Waals surface area contributed by atoms with Crippen molar-refractivity contribution in [2.24, 2.45) is 5.92 Å². The lowest BCUT2D eigenvalue weighted by atomic mass is 9.99. The number of hydrogen-bond acceptors (Lipinski definition) is 15. The van der Waals surface area contributed by atoms with Crippen molar-refractivity contribution in [3.63, 3.8) is 0 Å². The lowest BCUT2D eigenvalue weighted by Crippen LogP contribution is -2.30. The van der Waals surface area contributed by atoms with Crippen LogP contribution in [-0.4, -0.2) is 96.7 Å². The molecule has 0 aliphatic rings. The van der Waals surface area contributed by atoms with E-state index in [1.165, 1.54) is 276 Å². The van der Waals surface area contributed by atoms with E-state index in [9.17, 15) is 43.2 Å². The molecule has 103 heavy (non-hydrogen) atoms. The summed E-state index contributed by atoms with van der Waals surface area (Å²) in [4.78, 5) is 73.1. The molecule has 0 radical (unpaired) electrons.